The number of hydrogen-bond donors (Lipinski definition) is 2. The van der Waals surface area contributed by atoms with E-state index in [2.05, 4.69) is 28.5 Å². The van der Waals surface area contributed by atoms with Crippen molar-refractivity contribution in [1.29, 1.82) is 0 Å². The van der Waals surface area contributed by atoms with Crippen LogP contribution in [0.3, 0.4) is 0 Å². The van der Waals surface area contributed by atoms with Crippen molar-refractivity contribution in [3.63, 3.8) is 0 Å². The van der Waals surface area contributed by atoms with Crippen molar-refractivity contribution in [3.05, 3.63) is 48.2 Å². The van der Waals surface area contributed by atoms with Crippen LogP contribution in [0, 0.1) is 0 Å². The van der Waals surface area contributed by atoms with Crippen LogP contribution in [0.5, 0.6) is 0 Å². The van der Waals surface area contributed by atoms with Crippen molar-refractivity contribution in [2.45, 2.75) is 18.9 Å². The third kappa shape index (κ3) is 2.35. The molecule has 4 heteroatoms. The summed E-state index contributed by atoms with van der Waals surface area (Å²) in [6, 6.07) is 14.2. The lowest BCUT2D eigenvalue weighted by atomic mass is 10.1. The summed E-state index contributed by atoms with van der Waals surface area (Å²) in [5.41, 5.74) is 1.59. The molecule has 1 aliphatic heterocycles. The van der Waals surface area contributed by atoms with E-state index in [0.717, 1.165) is 35.7 Å². The molecule has 1 amide bonds. The molecule has 2 aromatic carbocycles. The number of aromatic nitrogens is 1. The quantitative estimate of drug-likeness (QED) is 0.779. The lowest BCUT2D eigenvalue weighted by Crippen LogP contribution is -2.31. The number of rotatable bonds is 3. The smallest absolute Gasteiger partial charge is 0.267 e. The van der Waals surface area contributed by atoms with E-state index in [1.165, 1.54) is 5.39 Å². The van der Waals surface area contributed by atoms with E-state index < -0.39 is 0 Å². The van der Waals surface area contributed by atoms with Crippen molar-refractivity contribution in [3.8, 4) is 0 Å². The highest BCUT2D eigenvalue weighted by atomic mass is 16.5. The fourth-order valence-corrected chi connectivity index (χ4v) is 3.12. The Bertz CT molecular complexity index is 831. The molecular weight excluding hydrogens is 276 g/mol. The van der Waals surface area contributed by atoms with Gasteiger partial charge < -0.3 is 15.0 Å². The summed E-state index contributed by atoms with van der Waals surface area (Å²) in [7, 11) is 0. The number of carbonyl (C=O) groups excluding carboxylic acids is 1. The monoisotopic (exact) mass is 294 g/mol. The van der Waals surface area contributed by atoms with Gasteiger partial charge in [-0.25, -0.2) is 0 Å². The Labute approximate surface area is 128 Å². The summed E-state index contributed by atoms with van der Waals surface area (Å²) < 4.78 is 5.53. The Balaban J connectivity index is 1.61. The highest BCUT2D eigenvalue weighted by Crippen LogP contribution is 2.25. The summed E-state index contributed by atoms with van der Waals surface area (Å²) in [5.74, 6) is -0.0734. The number of ether oxygens (including phenoxy) is 1. The minimum atomic E-state index is -0.0734. The van der Waals surface area contributed by atoms with E-state index in [0.29, 0.717) is 12.2 Å². The van der Waals surface area contributed by atoms with Crippen LogP contribution in [0.1, 0.15) is 23.3 Å². The van der Waals surface area contributed by atoms with Gasteiger partial charge >= 0.3 is 0 Å². The van der Waals surface area contributed by atoms with Gasteiger partial charge in [-0.2, -0.15) is 0 Å². The fourth-order valence-electron chi connectivity index (χ4n) is 3.12. The Hall–Kier alpha value is -2.33. The molecule has 2 N–H and O–H groups in total. The highest BCUT2D eigenvalue weighted by molar-refractivity contribution is 6.09. The molecule has 1 aliphatic rings. The topological polar surface area (TPSA) is 54.1 Å². The molecule has 0 saturated carbocycles. The number of aromatic amines is 1. The van der Waals surface area contributed by atoms with Crippen LogP contribution in [0.4, 0.5) is 0 Å². The first-order valence-electron chi connectivity index (χ1n) is 7.71. The van der Waals surface area contributed by atoms with Gasteiger partial charge in [-0.3, -0.25) is 4.79 Å². The summed E-state index contributed by atoms with van der Waals surface area (Å²) in [5, 5.41) is 6.38. The van der Waals surface area contributed by atoms with E-state index >= 15 is 0 Å². The molecule has 1 aromatic heterocycles. The molecule has 0 aliphatic carbocycles. The van der Waals surface area contributed by atoms with E-state index in [9.17, 15) is 4.79 Å². The lowest BCUT2D eigenvalue weighted by molar-refractivity contribution is 0.0854. The second-order valence-corrected chi connectivity index (χ2v) is 5.78. The number of nitrogens with one attached hydrogen (secondary N) is 2. The minimum Gasteiger partial charge on any atom is -0.376 e. The third-order valence-electron chi connectivity index (χ3n) is 4.29. The highest BCUT2D eigenvalue weighted by Gasteiger charge is 2.17. The van der Waals surface area contributed by atoms with E-state index in [1.807, 2.05) is 24.3 Å². The Kier molecular flexibility index (Phi) is 3.31. The number of H-pyrrole nitrogens is 1. The average molecular weight is 294 g/mol. The first-order chi connectivity index (χ1) is 10.8. The van der Waals surface area contributed by atoms with Crippen molar-refractivity contribution in [2.75, 3.05) is 13.2 Å². The van der Waals surface area contributed by atoms with Crippen molar-refractivity contribution < 1.29 is 9.53 Å². The first kappa shape index (κ1) is 13.3. The van der Waals surface area contributed by atoms with Crippen LogP contribution < -0.4 is 5.32 Å². The first-order valence-corrected chi connectivity index (χ1v) is 7.71. The molecule has 2 heterocycles. The third-order valence-corrected chi connectivity index (χ3v) is 4.29. The molecule has 3 aromatic rings. The number of benzene rings is 2. The average Bonchev–Trinajstić information content (AvgIpc) is 3.21. The Morgan fingerprint density at radius 3 is 3.00 bits per heavy atom. The van der Waals surface area contributed by atoms with Gasteiger partial charge in [0.1, 0.15) is 5.69 Å². The summed E-state index contributed by atoms with van der Waals surface area (Å²) in [4.78, 5) is 15.5. The zero-order valence-electron chi connectivity index (χ0n) is 12.3. The molecule has 0 radical (unpaired) electrons. The predicted molar refractivity (Wildman–Crippen MR) is 87.1 cm³/mol. The maximum atomic E-state index is 12.3. The largest absolute Gasteiger partial charge is 0.376 e. The van der Waals surface area contributed by atoms with Crippen LogP contribution in [0.2, 0.25) is 0 Å². The molecular formula is C18H18N2O2. The normalized spacial score (nSPS) is 18.1. The lowest BCUT2D eigenvalue weighted by Gasteiger charge is -2.09. The van der Waals surface area contributed by atoms with Gasteiger partial charge in [0, 0.05) is 24.1 Å². The zero-order valence-corrected chi connectivity index (χ0v) is 12.3. The van der Waals surface area contributed by atoms with Crippen LogP contribution >= 0.6 is 0 Å². The van der Waals surface area contributed by atoms with Gasteiger partial charge in [-0.15, -0.1) is 0 Å². The standard InChI is InChI=1S/C18H18N2O2/c21-18(19-11-13-5-3-9-22-13)17-10-15-14-6-2-1-4-12(14)7-8-16(15)20-17/h1-2,4,6-8,10,13,20H,3,5,9,11H2,(H,19,21)/t13-/m0/s1. The SMILES string of the molecule is O=C(NC[C@@H]1CCCO1)c1cc2c(ccc3ccccc32)[nH]1. The van der Waals surface area contributed by atoms with Gasteiger partial charge in [0.15, 0.2) is 0 Å². The minimum absolute atomic E-state index is 0.0734. The number of fused-ring (bicyclic) bond motifs is 3. The van der Waals surface area contributed by atoms with Gasteiger partial charge in [-0.05, 0) is 35.7 Å². The predicted octanol–water partition coefficient (Wildman–Crippen LogP) is 3.23. The maximum absolute atomic E-state index is 12.3. The van der Waals surface area contributed by atoms with Crippen LogP contribution in [0.15, 0.2) is 42.5 Å². The van der Waals surface area contributed by atoms with Crippen LogP contribution in [-0.2, 0) is 4.74 Å². The van der Waals surface area contributed by atoms with E-state index in [4.69, 9.17) is 4.74 Å². The second-order valence-electron chi connectivity index (χ2n) is 5.78. The molecule has 112 valence electrons. The Morgan fingerprint density at radius 2 is 2.14 bits per heavy atom. The van der Waals surface area contributed by atoms with E-state index in [-0.39, 0.29) is 12.0 Å². The second kappa shape index (κ2) is 5.46. The molecule has 22 heavy (non-hydrogen) atoms. The van der Waals surface area contributed by atoms with Crippen molar-refractivity contribution >= 4 is 27.6 Å². The van der Waals surface area contributed by atoms with Crippen LogP contribution in [0.25, 0.3) is 21.7 Å². The number of hydrogen-bond acceptors (Lipinski definition) is 2. The van der Waals surface area contributed by atoms with E-state index in [1.54, 1.807) is 0 Å². The number of carbonyl (C=O) groups is 1. The molecule has 4 rings (SSSR count). The summed E-state index contributed by atoms with van der Waals surface area (Å²) >= 11 is 0. The Morgan fingerprint density at radius 1 is 1.23 bits per heavy atom. The molecule has 1 saturated heterocycles. The van der Waals surface area contributed by atoms with Gasteiger partial charge in [0.2, 0.25) is 0 Å². The van der Waals surface area contributed by atoms with Crippen LogP contribution in [-0.4, -0.2) is 30.1 Å². The molecule has 0 bridgehead atoms. The maximum Gasteiger partial charge on any atom is 0.267 e. The van der Waals surface area contributed by atoms with Gasteiger partial charge in [0.25, 0.3) is 5.91 Å². The molecule has 0 unspecified atom stereocenters. The summed E-state index contributed by atoms with van der Waals surface area (Å²) in [6.45, 7) is 1.38. The number of amides is 1. The zero-order chi connectivity index (χ0) is 14.9. The van der Waals surface area contributed by atoms with Crippen molar-refractivity contribution in [2.24, 2.45) is 0 Å². The fraction of sp³-hybridized carbons (Fsp3) is 0.278. The van der Waals surface area contributed by atoms with Crippen molar-refractivity contribution in [1.82, 2.24) is 10.3 Å². The molecule has 1 fully saturated rings. The van der Waals surface area contributed by atoms with Gasteiger partial charge in [-0.1, -0.05) is 30.3 Å². The summed E-state index contributed by atoms with van der Waals surface area (Å²) in [6.07, 6.45) is 2.27. The molecule has 4 nitrogen and oxygen atoms in total. The van der Waals surface area contributed by atoms with Gasteiger partial charge in [0.05, 0.1) is 6.10 Å². The molecule has 1 atom stereocenters. The molecule has 0 spiro atoms.